The van der Waals surface area contributed by atoms with E-state index in [2.05, 4.69) is 37.7 Å². The van der Waals surface area contributed by atoms with Crippen LogP contribution in [-0.2, 0) is 4.79 Å². The van der Waals surface area contributed by atoms with E-state index < -0.39 is 20.2 Å². The Hall–Kier alpha value is -3.36. The number of amides is 1. The molecule has 0 aromatic heterocycles. The molecule has 0 saturated heterocycles. The van der Waals surface area contributed by atoms with Crippen LogP contribution >= 0.6 is 0 Å². The van der Waals surface area contributed by atoms with Crippen molar-refractivity contribution < 1.29 is 14.3 Å². The van der Waals surface area contributed by atoms with Gasteiger partial charge in [0.2, 0.25) is 0 Å². The van der Waals surface area contributed by atoms with E-state index in [1.807, 2.05) is 48.5 Å². The highest BCUT2D eigenvalue weighted by molar-refractivity contribution is 6.83. The highest BCUT2D eigenvalue weighted by atomic mass is 28.3. The van der Waals surface area contributed by atoms with Gasteiger partial charge in [0.15, 0.2) is 0 Å². The number of para-hydroxylation sites is 2. The summed E-state index contributed by atoms with van der Waals surface area (Å²) in [5.74, 6) is 3.41. The molecule has 1 aliphatic heterocycles. The molecule has 0 aliphatic carbocycles. The van der Waals surface area contributed by atoms with Crippen LogP contribution in [0, 0.1) is 17.4 Å². The van der Waals surface area contributed by atoms with Gasteiger partial charge < -0.3 is 9.53 Å². The van der Waals surface area contributed by atoms with Crippen LogP contribution in [0.1, 0.15) is 12.0 Å². The van der Waals surface area contributed by atoms with Crippen molar-refractivity contribution in [1.82, 2.24) is 0 Å². The second-order valence-electron chi connectivity index (χ2n) is 8.42. The molecule has 0 radical (unpaired) electrons. The van der Waals surface area contributed by atoms with E-state index in [1.165, 1.54) is 0 Å². The quantitative estimate of drug-likeness (QED) is 0.264. The zero-order valence-electron chi connectivity index (χ0n) is 18.2. The van der Waals surface area contributed by atoms with Gasteiger partial charge in [0, 0.05) is 11.5 Å². The second kappa shape index (κ2) is 9.63. The summed E-state index contributed by atoms with van der Waals surface area (Å²) in [7, 11) is -1.70. The Bertz CT molecular complexity index is 1060. The Labute approximate surface area is 185 Å². The monoisotopic (exact) mass is 429 g/mol. The van der Waals surface area contributed by atoms with Crippen LogP contribution in [-0.4, -0.2) is 26.5 Å². The molecular weight excluding hydrogens is 402 g/mol. The number of nitrogens with zero attached hydrogens (tertiary/aromatic N) is 1. The molecule has 0 fully saturated rings. The molecule has 4 nitrogen and oxygen atoms in total. The maximum Gasteiger partial charge on any atom is 0.421 e. The summed E-state index contributed by atoms with van der Waals surface area (Å²) in [5.41, 5.74) is 5.75. The lowest BCUT2D eigenvalue weighted by Gasteiger charge is -2.34. The van der Waals surface area contributed by atoms with Gasteiger partial charge in [-0.2, -0.15) is 0 Å². The van der Waals surface area contributed by atoms with Gasteiger partial charge in [-0.05, 0) is 36.3 Å². The van der Waals surface area contributed by atoms with Crippen LogP contribution in [0.3, 0.4) is 0 Å². The highest BCUT2D eigenvalue weighted by Crippen LogP contribution is 2.39. The number of benzene rings is 2. The first-order valence-electron chi connectivity index (χ1n) is 10.3. The van der Waals surface area contributed by atoms with Gasteiger partial charge in [0.25, 0.3) is 0 Å². The van der Waals surface area contributed by atoms with Crippen molar-refractivity contribution in [2.75, 3.05) is 4.90 Å². The topological polar surface area (TPSA) is 46.6 Å². The van der Waals surface area contributed by atoms with Crippen molar-refractivity contribution in [3.63, 3.8) is 0 Å². The number of hydrogen-bond acceptors (Lipinski definition) is 3. The summed E-state index contributed by atoms with van der Waals surface area (Å²) in [6.45, 7) is 10.2. The highest BCUT2D eigenvalue weighted by Gasteiger charge is 2.33. The first-order valence-corrected chi connectivity index (χ1v) is 13.8. The number of fused-ring (bicyclic) bond motifs is 1. The fraction of sp³-hybridized carbons (Fsp3) is 0.231. The van der Waals surface area contributed by atoms with Gasteiger partial charge in [0.1, 0.15) is 26.2 Å². The van der Waals surface area contributed by atoms with Crippen LogP contribution in [0.25, 0.3) is 5.57 Å². The lowest BCUT2D eigenvalue weighted by atomic mass is 9.85. The zero-order valence-corrected chi connectivity index (χ0v) is 19.2. The molecule has 0 spiro atoms. The largest absolute Gasteiger partial charge is 0.421 e. The average Bonchev–Trinajstić information content (AvgIpc) is 2.75. The molecule has 5 heteroatoms. The van der Waals surface area contributed by atoms with Crippen LogP contribution in [0.2, 0.25) is 19.6 Å². The summed E-state index contributed by atoms with van der Waals surface area (Å²) in [6.07, 6.45) is 4.61. The van der Waals surface area contributed by atoms with Crippen LogP contribution in [0.5, 0.6) is 5.75 Å². The van der Waals surface area contributed by atoms with E-state index in [0.717, 1.165) is 17.4 Å². The van der Waals surface area contributed by atoms with Gasteiger partial charge >= 0.3 is 6.09 Å². The molecule has 2 aromatic rings. The van der Waals surface area contributed by atoms with E-state index in [-0.39, 0.29) is 5.92 Å². The maximum absolute atomic E-state index is 13.3. The molecule has 1 heterocycles. The number of hydrogen-bond donors (Lipinski definition) is 0. The molecule has 0 N–H and O–H groups in total. The smallest absolute Gasteiger partial charge is 0.410 e. The Kier molecular flexibility index (Phi) is 6.94. The van der Waals surface area contributed by atoms with Crippen LogP contribution in [0.15, 0.2) is 73.3 Å². The van der Waals surface area contributed by atoms with E-state index in [4.69, 9.17) is 4.74 Å². The lowest BCUT2D eigenvalue weighted by molar-refractivity contribution is -0.109. The Morgan fingerprint density at radius 3 is 2.48 bits per heavy atom. The predicted molar refractivity (Wildman–Crippen MR) is 129 cm³/mol. The molecule has 0 unspecified atom stereocenters. The summed E-state index contributed by atoms with van der Waals surface area (Å²) in [6, 6.07) is 16.0. The van der Waals surface area contributed by atoms with Crippen molar-refractivity contribution in [2.45, 2.75) is 32.1 Å². The minimum atomic E-state index is -1.70. The zero-order chi connectivity index (χ0) is 22.4. The normalized spacial score (nSPS) is 16.2. The molecule has 2 atom stereocenters. The van der Waals surface area contributed by atoms with Crippen molar-refractivity contribution in [1.29, 1.82) is 0 Å². The molecule has 0 saturated carbocycles. The molecule has 3 rings (SSSR count). The summed E-state index contributed by atoms with van der Waals surface area (Å²) < 4.78 is 5.66. The SMILES string of the molecule is C=CC[C@H](C=O)C1=C[C@H](C#C[Si](C)(C)C)N(C(=O)Oc2ccccc2)c2ccccc21. The first kappa shape index (κ1) is 22.3. The third-order valence-corrected chi connectivity index (χ3v) is 5.71. The molecule has 0 bridgehead atoms. The maximum atomic E-state index is 13.3. The third-order valence-electron chi connectivity index (χ3n) is 4.81. The number of rotatable bonds is 5. The van der Waals surface area contributed by atoms with Gasteiger partial charge in [-0.1, -0.05) is 68.0 Å². The number of carbonyl (C=O) groups is 2. The third kappa shape index (κ3) is 5.42. The van der Waals surface area contributed by atoms with E-state index in [0.29, 0.717) is 17.9 Å². The molecule has 1 aliphatic rings. The summed E-state index contributed by atoms with van der Waals surface area (Å²) in [4.78, 5) is 26.7. The Balaban J connectivity index is 2.11. The molecule has 2 aromatic carbocycles. The van der Waals surface area contributed by atoms with Gasteiger partial charge in [0.05, 0.1) is 5.69 Å². The second-order valence-corrected chi connectivity index (χ2v) is 13.2. The van der Waals surface area contributed by atoms with E-state index >= 15 is 0 Å². The summed E-state index contributed by atoms with van der Waals surface area (Å²) in [5, 5.41) is 0. The van der Waals surface area contributed by atoms with Crippen LogP contribution in [0.4, 0.5) is 10.5 Å². The van der Waals surface area contributed by atoms with Crippen LogP contribution < -0.4 is 9.64 Å². The predicted octanol–water partition coefficient (Wildman–Crippen LogP) is 5.73. The lowest BCUT2D eigenvalue weighted by Crippen LogP contribution is -2.43. The van der Waals surface area contributed by atoms with Crippen molar-refractivity contribution in [2.24, 2.45) is 5.92 Å². The molecule has 158 valence electrons. The summed E-state index contributed by atoms with van der Waals surface area (Å²) >= 11 is 0. The number of carbonyl (C=O) groups excluding carboxylic acids is 2. The number of anilines is 1. The average molecular weight is 430 g/mol. The first-order chi connectivity index (χ1) is 14.8. The van der Waals surface area contributed by atoms with Crippen molar-refractivity contribution in [3.8, 4) is 17.2 Å². The van der Waals surface area contributed by atoms with Gasteiger partial charge in [-0.15, -0.1) is 12.1 Å². The fourth-order valence-electron chi connectivity index (χ4n) is 3.42. The number of ether oxygens (including phenoxy) is 1. The van der Waals surface area contributed by atoms with Crippen molar-refractivity contribution in [3.05, 3.63) is 78.9 Å². The Morgan fingerprint density at radius 2 is 1.84 bits per heavy atom. The van der Waals surface area contributed by atoms with Gasteiger partial charge in [-0.25, -0.2) is 4.79 Å². The minimum absolute atomic E-state index is 0.345. The molecule has 1 amide bonds. The van der Waals surface area contributed by atoms with Crippen molar-refractivity contribution >= 4 is 31.7 Å². The number of allylic oxidation sites excluding steroid dienone is 2. The fourth-order valence-corrected chi connectivity index (χ4v) is 4.00. The Morgan fingerprint density at radius 1 is 1.16 bits per heavy atom. The van der Waals surface area contributed by atoms with E-state index in [9.17, 15) is 9.59 Å². The van der Waals surface area contributed by atoms with Gasteiger partial charge in [-0.3, -0.25) is 4.90 Å². The van der Waals surface area contributed by atoms with E-state index in [1.54, 1.807) is 23.1 Å². The standard InChI is InChI=1S/C26H27NO3Si/c1-5-11-20(19-28)24-18-21(16-17-31(2,3)4)27(25-15-10-9-14-23(24)25)26(29)30-22-12-7-6-8-13-22/h5-10,12-15,18-21H,1,11H2,2-4H3/t20-,21+/m1/s1. The molecular formula is C26H27NO3Si. The minimum Gasteiger partial charge on any atom is -0.410 e. The number of aldehydes is 1. The molecule has 31 heavy (non-hydrogen) atoms.